The normalized spacial score (nSPS) is 10.6. The molecule has 0 fully saturated rings. The summed E-state index contributed by atoms with van der Waals surface area (Å²) in [6.45, 7) is 1.84. The van der Waals surface area contributed by atoms with Crippen molar-refractivity contribution in [2.24, 2.45) is 0 Å². The minimum absolute atomic E-state index is 0.00373. The molecule has 1 aromatic carbocycles. The number of hydrogen-bond donors (Lipinski definition) is 2. The number of carboxylic acids is 1. The maximum Gasteiger partial charge on any atom is 0.303 e. The Bertz CT molecular complexity index is 581. The second kappa shape index (κ2) is 4.37. The first-order valence-corrected chi connectivity index (χ1v) is 5.24. The smallest absolute Gasteiger partial charge is 0.303 e. The Morgan fingerprint density at radius 3 is 2.82 bits per heavy atom. The number of aliphatic carboxylic acids is 1. The van der Waals surface area contributed by atoms with E-state index in [9.17, 15) is 9.90 Å². The second-order valence-corrected chi connectivity index (χ2v) is 3.82. The first-order chi connectivity index (χ1) is 8.06. The lowest BCUT2D eigenvalue weighted by atomic mass is 10.2. The standard InChI is InChI=1S/C12H12N2O3/c1-7-9-3-2-8(15)6-10(9)14-11(13-7)4-5-12(16)17/h2-3,6,15H,4-5H2,1H3,(H,16,17). The highest BCUT2D eigenvalue weighted by atomic mass is 16.4. The third-order valence-electron chi connectivity index (χ3n) is 2.48. The van der Waals surface area contributed by atoms with Gasteiger partial charge in [-0.15, -0.1) is 0 Å². The molecule has 0 unspecified atom stereocenters. The quantitative estimate of drug-likeness (QED) is 0.840. The maximum atomic E-state index is 10.5. The number of hydrogen-bond acceptors (Lipinski definition) is 4. The van der Waals surface area contributed by atoms with Crippen LogP contribution in [0.4, 0.5) is 0 Å². The minimum Gasteiger partial charge on any atom is -0.508 e. The average Bonchev–Trinajstić information content (AvgIpc) is 2.25. The molecule has 0 bridgehead atoms. The molecule has 0 saturated heterocycles. The molecule has 0 amide bonds. The van der Waals surface area contributed by atoms with E-state index in [1.54, 1.807) is 18.2 Å². The van der Waals surface area contributed by atoms with E-state index in [0.29, 0.717) is 17.8 Å². The molecule has 2 N–H and O–H groups in total. The zero-order chi connectivity index (χ0) is 12.4. The molecular formula is C12H12N2O3. The van der Waals surface area contributed by atoms with Gasteiger partial charge in [0.05, 0.1) is 11.9 Å². The summed E-state index contributed by atoms with van der Waals surface area (Å²) in [5.74, 6) is -0.245. The molecule has 1 heterocycles. The largest absolute Gasteiger partial charge is 0.508 e. The molecule has 0 aliphatic rings. The molecule has 2 aromatic rings. The number of aromatic nitrogens is 2. The average molecular weight is 232 g/mol. The fourth-order valence-electron chi connectivity index (χ4n) is 1.67. The van der Waals surface area contributed by atoms with Gasteiger partial charge in [0.25, 0.3) is 0 Å². The minimum atomic E-state index is -0.873. The Kier molecular flexibility index (Phi) is 2.91. The number of phenolic OH excluding ortho intramolecular Hbond substituents is 1. The third-order valence-corrected chi connectivity index (χ3v) is 2.48. The highest BCUT2D eigenvalue weighted by molar-refractivity contribution is 5.82. The van der Waals surface area contributed by atoms with Crippen LogP contribution in [0.15, 0.2) is 18.2 Å². The number of carbonyl (C=O) groups is 1. The van der Waals surface area contributed by atoms with Gasteiger partial charge in [-0.3, -0.25) is 4.79 Å². The van der Waals surface area contributed by atoms with Crippen LogP contribution in [-0.4, -0.2) is 26.2 Å². The van der Waals surface area contributed by atoms with Gasteiger partial charge in [0.1, 0.15) is 11.6 Å². The molecule has 0 spiro atoms. The summed E-state index contributed by atoms with van der Waals surface area (Å²) in [6, 6.07) is 4.88. The van der Waals surface area contributed by atoms with Gasteiger partial charge in [0, 0.05) is 23.6 Å². The van der Waals surface area contributed by atoms with E-state index in [4.69, 9.17) is 5.11 Å². The van der Waals surface area contributed by atoms with Crippen molar-refractivity contribution in [1.29, 1.82) is 0 Å². The molecule has 0 aliphatic heterocycles. The van der Waals surface area contributed by atoms with E-state index in [1.807, 2.05) is 6.92 Å². The van der Waals surface area contributed by atoms with E-state index >= 15 is 0 Å². The molecule has 88 valence electrons. The molecule has 2 rings (SSSR count). The van der Waals surface area contributed by atoms with Gasteiger partial charge < -0.3 is 10.2 Å². The van der Waals surface area contributed by atoms with Crippen molar-refractivity contribution in [2.75, 3.05) is 0 Å². The monoisotopic (exact) mass is 232 g/mol. The van der Waals surface area contributed by atoms with E-state index in [0.717, 1.165) is 11.1 Å². The molecule has 0 radical (unpaired) electrons. The van der Waals surface area contributed by atoms with E-state index in [-0.39, 0.29) is 12.2 Å². The fourth-order valence-corrected chi connectivity index (χ4v) is 1.67. The molecule has 0 saturated carbocycles. The molecule has 0 aliphatic carbocycles. The van der Waals surface area contributed by atoms with Gasteiger partial charge in [-0.2, -0.15) is 0 Å². The first kappa shape index (κ1) is 11.3. The van der Waals surface area contributed by atoms with E-state index in [2.05, 4.69) is 9.97 Å². The number of phenols is 1. The van der Waals surface area contributed by atoms with Crippen LogP contribution >= 0.6 is 0 Å². The molecule has 0 atom stereocenters. The number of nitrogens with zero attached hydrogens (tertiary/aromatic N) is 2. The maximum absolute atomic E-state index is 10.5. The summed E-state index contributed by atoms with van der Waals surface area (Å²) >= 11 is 0. The van der Waals surface area contributed by atoms with E-state index in [1.165, 1.54) is 0 Å². The van der Waals surface area contributed by atoms with Crippen molar-refractivity contribution in [3.8, 4) is 5.75 Å². The van der Waals surface area contributed by atoms with Crippen LogP contribution in [0.3, 0.4) is 0 Å². The van der Waals surface area contributed by atoms with Crippen LogP contribution < -0.4 is 0 Å². The van der Waals surface area contributed by atoms with Gasteiger partial charge in [0.2, 0.25) is 0 Å². The molecule has 5 nitrogen and oxygen atoms in total. The summed E-state index contributed by atoms with van der Waals surface area (Å²) in [4.78, 5) is 19.0. The topological polar surface area (TPSA) is 83.3 Å². The van der Waals surface area contributed by atoms with Gasteiger partial charge in [0.15, 0.2) is 0 Å². The zero-order valence-corrected chi connectivity index (χ0v) is 9.34. The lowest BCUT2D eigenvalue weighted by molar-refractivity contribution is -0.137. The van der Waals surface area contributed by atoms with Crippen molar-refractivity contribution in [3.63, 3.8) is 0 Å². The van der Waals surface area contributed by atoms with Crippen LogP contribution in [0.2, 0.25) is 0 Å². The summed E-state index contributed by atoms with van der Waals surface area (Å²) in [5, 5.41) is 18.8. The van der Waals surface area contributed by atoms with Crippen LogP contribution in [0, 0.1) is 6.92 Å². The third kappa shape index (κ3) is 2.50. The summed E-state index contributed by atoms with van der Waals surface area (Å²) in [6.07, 6.45) is 0.297. The number of benzene rings is 1. The van der Waals surface area contributed by atoms with Gasteiger partial charge in [-0.05, 0) is 19.1 Å². The van der Waals surface area contributed by atoms with Gasteiger partial charge in [-0.25, -0.2) is 9.97 Å². The number of aromatic hydroxyl groups is 1. The molecule has 1 aromatic heterocycles. The number of carboxylic acid groups (broad SMARTS) is 1. The van der Waals surface area contributed by atoms with Crippen LogP contribution in [-0.2, 0) is 11.2 Å². The predicted molar refractivity (Wildman–Crippen MR) is 61.9 cm³/mol. The fraction of sp³-hybridized carbons (Fsp3) is 0.250. The van der Waals surface area contributed by atoms with Crippen molar-refractivity contribution < 1.29 is 15.0 Å². The van der Waals surface area contributed by atoms with Crippen molar-refractivity contribution >= 4 is 16.9 Å². The van der Waals surface area contributed by atoms with Crippen LogP contribution in [0.1, 0.15) is 17.9 Å². The van der Waals surface area contributed by atoms with Crippen LogP contribution in [0.25, 0.3) is 10.9 Å². The number of fused-ring (bicyclic) bond motifs is 1. The summed E-state index contributed by atoms with van der Waals surface area (Å²) in [7, 11) is 0. The van der Waals surface area contributed by atoms with E-state index < -0.39 is 5.97 Å². The first-order valence-electron chi connectivity index (χ1n) is 5.24. The highest BCUT2D eigenvalue weighted by Crippen LogP contribution is 2.20. The lowest BCUT2D eigenvalue weighted by Crippen LogP contribution is -2.03. The second-order valence-electron chi connectivity index (χ2n) is 3.82. The van der Waals surface area contributed by atoms with Crippen molar-refractivity contribution in [3.05, 3.63) is 29.7 Å². The van der Waals surface area contributed by atoms with Crippen molar-refractivity contribution in [2.45, 2.75) is 19.8 Å². The Hall–Kier alpha value is -2.17. The molecule has 17 heavy (non-hydrogen) atoms. The summed E-state index contributed by atoms with van der Waals surface area (Å²) in [5.41, 5.74) is 1.42. The van der Waals surface area contributed by atoms with Gasteiger partial charge >= 0.3 is 5.97 Å². The predicted octanol–water partition coefficient (Wildman–Crippen LogP) is 1.66. The summed E-state index contributed by atoms with van der Waals surface area (Å²) < 4.78 is 0. The SMILES string of the molecule is Cc1nc(CCC(=O)O)nc2cc(O)ccc12. The van der Waals surface area contributed by atoms with Gasteiger partial charge in [-0.1, -0.05) is 0 Å². The molecule has 5 heteroatoms. The highest BCUT2D eigenvalue weighted by Gasteiger charge is 2.07. The Balaban J connectivity index is 2.42. The van der Waals surface area contributed by atoms with Crippen molar-refractivity contribution in [1.82, 2.24) is 9.97 Å². The lowest BCUT2D eigenvalue weighted by Gasteiger charge is -2.05. The molecular weight excluding hydrogens is 220 g/mol. The Morgan fingerprint density at radius 1 is 1.35 bits per heavy atom. The Labute approximate surface area is 97.8 Å². The van der Waals surface area contributed by atoms with Crippen LogP contribution in [0.5, 0.6) is 5.75 Å². The Morgan fingerprint density at radius 2 is 2.12 bits per heavy atom. The number of rotatable bonds is 3. The zero-order valence-electron chi connectivity index (χ0n) is 9.34. The number of aryl methyl sites for hydroxylation is 2.